The molecule has 2 rings (SSSR count). The molecule has 25 heavy (non-hydrogen) atoms. The molecule has 4 nitrogen and oxygen atoms in total. The molecule has 134 valence electrons. The van der Waals surface area contributed by atoms with Crippen LogP contribution in [0.2, 0.25) is 0 Å². The van der Waals surface area contributed by atoms with Gasteiger partial charge < -0.3 is 9.73 Å². The molecular weight excluding hydrogens is 335 g/mol. The van der Waals surface area contributed by atoms with Crippen molar-refractivity contribution >= 4 is 11.6 Å². The zero-order chi connectivity index (χ0) is 18.8. The van der Waals surface area contributed by atoms with Crippen LogP contribution in [0.3, 0.4) is 0 Å². The van der Waals surface area contributed by atoms with Crippen LogP contribution in [0.15, 0.2) is 33.5 Å². The fourth-order valence-corrected chi connectivity index (χ4v) is 2.60. The number of amides is 1. The maximum atomic E-state index is 12.7. The van der Waals surface area contributed by atoms with E-state index in [0.29, 0.717) is 24.6 Å². The van der Waals surface area contributed by atoms with Crippen LogP contribution in [-0.2, 0) is 19.0 Å². The van der Waals surface area contributed by atoms with Crippen LogP contribution >= 0.6 is 0 Å². The smallest absolute Gasteiger partial charge is 0.449 e. The van der Waals surface area contributed by atoms with Gasteiger partial charge in [-0.25, -0.2) is 0 Å². The van der Waals surface area contributed by atoms with Crippen molar-refractivity contribution in [1.82, 2.24) is 0 Å². The Hall–Kier alpha value is -2.57. The van der Waals surface area contributed by atoms with Crippen LogP contribution in [0.4, 0.5) is 18.9 Å². The Labute approximate surface area is 142 Å². The van der Waals surface area contributed by atoms with Crippen molar-refractivity contribution in [2.45, 2.75) is 39.8 Å². The van der Waals surface area contributed by atoms with Gasteiger partial charge in [0.25, 0.3) is 5.91 Å². The highest BCUT2D eigenvalue weighted by molar-refractivity contribution is 6.05. The van der Waals surface area contributed by atoms with E-state index in [2.05, 4.69) is 9.73 Å². The summed E-state index contributed by atoms with van der Waals surface area (Å²) in [7, 11) is 0. The number of carbonyl (C=O) groups excluding carboxylic acids is 1. The number of para-hydroxylation sites is 1. The minimum absolute atomic E-state index is 0.300. The molecule has 0 radical (unpaired) electrons. The first-order valence-corrected chi connectivity index (χ1v) is 7.83. The molecule has 0 saturated carbocycles. The van der Waals surface area contributed by atoms with Crippen molar-refractivity contribution in [2.75, 3.05) is 5.32 Å². The highest BCUT2D eigenvalue weighted by atomic mass is 19.4. The SMILES string of the molecule is CCc1cccc(CC)c1NC(=O)c1c(C)oc(C(F)(F)F)cc1=O. The zero-order valence-corrected chi connectivity index (χ0v) is 14.1. The number of carbonyl (C=O) groups is 1. The van der Waals surface area contributed by atoms with Crippen molar-refractivity contribution < 1.29 is 22.4 Å². The van der Waals surface area contributed by atoms with E-state index in [1.807, 2.05) is 32.0 Å². The Kier molecular flexibility index (Phi) is 5.35. The van der Waals surface area contributed by atoms with Gasteiger partial charge in [-0.1, -0.05) is 32.0 Å². The van der Waals surface area contributed by atoms with E-state index in [1.165, 1.54) is 0 Å². The second kappa shape index (κ2) is 7.13. The van der Waals surface area contributed by atoms with E-state index in [4.69, 9.17) is 0 Å². The molecule has 0 saturated heterocycles. The summed E-state index contributed by atoms with van der Waals surface area (Å²) in [5.41, 5.74) is 0.876. The van der Waals surface area contributed by atoms with E-state index >= 15 is 0 Å². The molecule has 0 atom stereocenters. The molecule has 2 aromatic rings. The number of hydrogen-bond acceptors (Lipinski definition) is 3. The van der Waals surface area contributed by atoms with Gasteiger partial charge in [0, 0.05) is 11.8 Å². The second-order valence-corrected chi connectivity index (χ2v) is 5.52. The number of halogens is 3. The van der Waals surface area contributed by atoms with E-state index in [9.17, 15) is 22.8 Å². The second-order valence-electron chi connectivity index (χ2n) is 5.52. The van der Waals surface area contributed by atoms with Gasteiger partial charge >= 0.3 is 6.18 Å². The first-order chi connectivity index (χ1) is 11.7. The molecule has 0 bridgehead atoms. The molecular formula is C18H18F3NO3. The quantitative estimate of drug-likeness (QED) is 0.889. The number of alkyl halides is 3. The van der Waals surface area contributed by atoms with Gasteiger partial charge in [0.05, 0.1) is 0 Å². The predicted molar refractivity (Wildman–Crippen MR) is 87.9 cm³/mol. The minimum Gasteiger partial charge on any atom is -0.456 e. The molecule has 1 aromatic heterocycles. The fraction of sp³-hybridized carbons (Fsp3) is 0.333. The van der Waals surface area contributed by atoms with Crippen LogP contribution < -0.4 is 10.7 Å². The highest BCUT2D eigenvalue weighted by Gasteiger charge is 2.36. The average Bonchev–Trinajstić information content (AvgIpc) is 2.53. The summed E-state index contributed by atoms with van der Waals surface area (Å²) in [5, 5.41) is 2.66. The Morgan fingerprint density at radius 3 is 2.16 bits per heavy atom. The lowest BCUT2D eigenvalue weighted by atomic mass is 10.0. The molecule has 0 aliphatic heterocycles. The number of hydrogen-bond donors (Lipinski definition) is 1. The largest absolute Gasteiger partial charge is 0.456 e. The van der Waals surface area contributed by atoms with Gasteiger partial charge in [0.15, 0.2) is 5.43 Å². The van der Waals surface area contributed by atoms with Crippen LogP contribution in [-0.4, -0.2) is 5.91 Å². The molecule has 0 unspecified atom stereocenters. The van der Waals surface area contributed by atoms with Gasteiger partial charge in [0.1, 0.15) is 11.3 Å². The third-order valence-electron chi connectivity index (χ3n) is 3.87. The summed E-state index contributed by atoms with van der Waals surface area (Å²) in [4.78, 5) is 24.5. The highest BCUT2D eigenvalue weighted by Crippen LogP contribution is 2.29. The third-order valence-corrected chi connectivity index (χ3v) is 3.87. The minimum atomic E-state index is -4.79. The number of rotatable bonds is 4. The summed E-state index contributed by atoms with van der Waals surface area (Å²) in [6.07, 6.45) is -3.47. The monoisotopic (exact) mass is 353 g/mol. The normalized spacial score (nSPS) is 11.4. The van der Waals surface area contributed by atoms with Crippen molar-refractivity contribution in [2.24, 2.45) is 0 Å². The summed E-state index contributed by atoms with van der Waals surface area (Å²) in [6, 6.07) is 5.85. The van der Waals surface area contributed by atoms with Crippen LogP contribution in [0, 0.1) is 6.92 Å². The van der Waals surface area contributed by atoms with Gasteiger partial charge in [0.2, 0.25) is 5.76 Å². The molecule has 0 fully saturated rings. The molecule has 0 aliphatic rings. The zero-order valence-electron chi connectivity index (χ0n) is 14.1. The summed E-state index contributed by atoms with van der Waals surface area (Å²) in [6.45, 7) is 5.00. The van der Waals surface area contributed by atoms with Crippen molar-refractivity contribution in [3.05, 3.63) is 62.7 Å². The Morgan fingerprint density at radius 1 is 1.16 bits per heavy atom. The van der Waals surface area contributed by atoms with Crippen LogP contribution in [0.1, 0.15) is 46.9 Å². The van der Waals surface area contributed by atoms with Gasteiger partial charge in [-0.15, -0.1) is 0 Å². The Morgan fingerprint density at radius 2 is 1.72 bits per heavy atom. The lowest BCUT2D eigenvalue weighted by Crippen LogP contribution is -2.25. The number of benzene rings is 1. The number of nitrogens with one attached hydrogen (secondary N) is 1. The first kappa shape index (κ1) is 18.8. The Bertz CT molecular complexity index is 831. The molecule has 0 spiro atoms. The standard InChI is InChI=1S/C18H18F3NO3/c1-4-11-7-6-8-12(5-2)16(11)22-17(24)15-10(3)25-14(9-13(15)23)18(19,20)21/h6-9H,4-5H2,1-3H3,(H,22,24). The maximum absolute atomic E-state index is 12.7. The van der Waals surface area contributed by atoms with E-state index < -0.39 is 28.8 Å². The van der Waals surface area contributed by atoms with E-state index in [1.54, 1.807) is 0 Å². The van der Waals surface area contributed by atoms with Gasteiger partial charge in [-0.3, -0.25) is 9.59 Å². The van der Waals surface area contributed by atoms with E-state index in [-0.39, 0.29) is 5.76 Å². The molecule has 1 aromatic carbocycles. The molecule has 1 N–H and O–H groups in total. The molecule has 7 heteroatoms. The molecule has 0 aliphatic carbocycles. The van der Waals surface area contributed by atoms with E-state index in [0.717, 1.165) is 18.1 Å². The number of aryl methyl sites for hydroxylation is 3. The van der Waals surface area contributed by atoms with Crippen molar-refractivity contribution in [1.29, 1.82) is 0 Å². The topological polar surface area (TPSA) is 59.3 Å². The molecule has 1 heterocycles. The summed E-state index contributed by atoms with van der Waals surface area (Å²) >= 11 is 0. The van der Waals surface area contributed by atoms with Crippen LogP contribution in [0.25, 0.3) is 0 Å². The number of anilines is 1. The van der Waals surface area contributed by atoms with Crippen LogP contribution in [0.5, 0.6) is 0 Å². The average molecular weight is 353 g/mol. The Balaban J connectivity index is 2.46. The van der Waals surface area contributed by atoms with Gasteiger partial charge in [-0.05, 0) is 30.9 Å². The first-order valence-electron chi connectivity index (χ1n) is 7.83. The third kappa shape index (κ3) is 3.92. The van der Waals surface area contributed by atoms with Crippen molar-refractivity contribution in [3.63, 3.8) is 0 Å². The lowest BCUT2D eigenvalue weighted by Gasteiger charge is -2.15. The van der Waals surface area contributed by atoms with Gasteiger partial charge in [-0.2, -0.15) is 13.2 Å². The summed E-state index contributed by atoms with van der Waals surface area (Å²) in [5.74, 6) is -2.57. The maximum Gasteiger partial charge on any atom is 0.449 e. The fourth-order valence-electron chi connectivity index (χ4n) is 2.60. The summed E-state index contributed by atoms with van der Waals surface area (Å²) < 4.78 is 42.7. The predicted octanol–water partition coefficient (Wildman–Crippen LogP) is 4.34. The lowest BCUT2D eigenvalue weighted by molar-refractivity contribution is -0.154. The molecule has 1 amide bonds. The van der Waals surface area contributed by atoms with Crippen molar-refractivity contribution in [3.8, 4) is 0 Å².